The summed E-state index contributed by atoms with van der Waals surface area (Å²) < 4.78 is 8.02. The molecular weight excluding hydrogens is 240 g/mol. The molecule has 2 heterocycles. The Hall–Kier alpha value is -0.910. The van der Waals surface area contributed by atoms with Crippen LogP contribution in [0.25, 0.3) is 0 Å². The molecule has 1 aromatic heterocycles. The lowest BCUT2D eigenvalue weighted by atomic mass is 10.2. The van der Waals surface area contributed by atoms with E-state index in [1.54, 1.807) is 0 Å². The van der Waals surface area contributed by atoms with Crippen molar-refractivity contribution in [2.24, 2.45) is 0 Å². The van der Waals surface area contributed by atoms with E-state index in [-0.39, 0.29) is 6.10 Å². The van der Waals surface area contributed by atoms with Gasteiger partial charge in [0.05, 0.1) is 24.8 Å². The first-order valence-corrected chi connectivity index (χ1v) is 7.21. The number of morpholine rings is 1. The number of imidazole rings is 1. The zero-order valence-corrected chi connectivity index (χ0v) is 12.3. The normalized spacial score (nSPS) is 20.4. The Morgan fingerprint density at radius 3 is 3.11 bits per heavy atom. The number of aromatic nitrogens is 2. The minimum Gasteiger partial charge on any atom is -0.369 e. The molecule has 0 saturated carbocycles. The van der Waals surface area contributed by atoms with E-state index in [2.05, 4.69) is 40.7 Å². The lowest BCUT2D eigenvalue weighted by molar-refractivity contribution is 0.0226. The monoisotopic (exact) mass is 266 g/mol. The Bertz CT molecular complexity index is 371. The zero-order chi connectivity index (χ0) is 13.7. The van der Waals surface area contributed by atoms with E-state index < -0.39 is 0 Å². The van der Waals surface area contributed by atoms with Gasteiger partial charge in [0.15, 0.2) is 0 Å². The first-order valence-electron chi connectivity index (χ1n) is 7.21. The number of hydrogen-bond donors (Lipinski definition) is 1. The Balaban J connectivity index is 1.85. The number of hydrogen-bond acceptors (Lipinski definition) is 4. The largest absolute Gasteiger partial charge is 0.369 e. The Morgan fingerprint density at radius 1 is 1.58 bits per heavy atom. The highest BCUT2D eigenvalue weighted by Crippen LogP contribution is 2.18. The molecule has 1 N–H and O–H groups in total. The molecule has 0 amide bonds. The topological polar surface area (TPSA) is 42.3 Å². The molecule has 1 unspecified atom stereocenters. The third-order valence-corrected chi connectivity index (χ3v) is 3.79. The van der Waals surface area contributed by atoms with E-state index >= 15 is 0 Å². The lowest BCUT2D eigenvalue weighted by Crippen LogP contribution is -2.34. The van der Waals surface area contributed by atoms with Gasteiger partial charge >= 0.3 is 0 Å². The van der Waals surface area contributed by atoms with Crippen LogP contribution >= 0.6 is 0 Å². The van der Waals surface area contributed by atoms with Crippen molar-refractivity contribution in [3.63, 3.8) is 0 Å². The minimum atomic E-state index is 0.152. The van der Waals surface area contributed by atoms with Gasteiger partial charge in [-0.1, -0.05) is 0 Å². The minimum absolute atomic E-state index is 0.152. The summed E-state index contributed by atoms with van der Waals surface area (Å²) >= 11 is 0. The lowest BCUT2D eigenvalue weighted by Gasteiger charge is -2.25. The standard InChI is InChI=1S/C14H26N4O/c1-12(2)17(3)6-4-7-18-11-16-9-13(18)14-10-15-5-8-19-14/h9,11-12,14-15H,4-8,10H2,1-3H3. The summed E-state index contributed by atoms with van der Waals surface area (Å²) in [7, 11) is 2.17. The van der Waals surface area contributed by atoms with Crippen LogP contribution in [0.5, 0.6) is 0 Å². The first-order chi connectivity index (χ1) is 9.18. The van der Waals surface area contributed by atoms with Crippen molar-refractivity contribution >= 4 is 0 Å². The summed E-state index contributed by atoms with van der Waals surface area (Å²) in [6, 6.07) is 0.605. The van der Waals surface area contributed by atoms with Gasteiger partial charge in [-0.15, -0.1) is 0 Å². The Kier molecular flexibility index (Phi) is 5.36. The molecule has 1 saturated heterocycles. The van der Waals surface area contributed by atoms with E-state index in [1.165, 1.54) is 5.69 Å². The SMILES string of the molecule is CC(C)N(C)CCCn1cncc1C1CNCCO1. The average molecular weight is 266 g/mol. The van der Waals surface area contributed by atoms with Crippen LogP contribution in [0.2, 0.25) is 0 Å². The van der Waals surface area contributed by atoms with E-state index in [1.807, 2.05) is 12.5 Å². The van der Waals surface area contributed by atoms with E-state index in [0.717, 1.165) is 39.2 Å². The van der Waals surface area contributed by atoms with Crippen molar-refractivity contribution in [1.29, 1.82) is 0 Å². The Labute approximate surface area is 116 Å². The highest BCUT2D eigenvalue weighted by Gasteiger charge is 2.19. The third-order valence-electron chi connectivity index (χ3n) is 3.79. The predicted molar refractivity (Wildman–Crippen MR) is 76.2 cm³/mol. The molecule has 1 aliphatic heterocycles. The third kappa shape index (κ3) is 4.03. The van der Waals surface area contributed by atoms with Crippen molar-refractivity contribution < 1.29 is 4.74 Å². The second kappa shape index (κ2) is 7.03. The summed E-state index contributed by atoms with van der Waals surface area (Å²) in [6.07, 6.45) is 5.14. The summed E-state index contributed by atoms with van der Waals surface area (Å²) in [5.41, 5.74) is 1.19. The molecule has 1 fully saturated rings. The van der Waals surface area contributed by atoms with Crippen molar-refractivity contribution in [3.05, 3.63) is 18.2 Å². The fourth-order valence-corrected chi connectivity index (χ4v) is 2.29. The van der Waals surface area contributed by atoms with Crippen LogP contribution in [-0.4, -0.2) is 53.8 Å². The summed E-state index contributed by atoms with van der Waals surface area (Å²) in [5, 5.41) is 3.37. The van der Waals surface area contributed by atoms with Gasteiger partial charge in [-0.25, -0.2) is 4.98 Å². The molecular formula is C14H26N4O. The highest BCUT2D eigenvalue weighted by atomic mass is 16.5. The van der Waals surface area contributed by atoms with Gasteiger partial charge in [-0.2, -0.15) is 0 Å². The molecule has 1 atom stereocenters. The zero-order valence-electron chi connectivity index (χ0n) is 12.3. The molecule has 19 heavy (non-hydrogen) atoms. The van der Waals surface area contributed by atoms with Crippen molar-refractivity contribution in [1.82, 2.24) is 19.8 Å². The first kappa shape index (κ1) is 14.5. The maximum absolute atomic E-state index is 5.79. The fourth-order valence-electron chi connectivity index (χ4n) is 2.29. The molecule has 1 aromatic rings. The van der Waals surface area contributed by atoms with Gasteiger partial charge in [0.2, 0.25) is 0 Å². The van der Waals surface area contributed by atoms with Crippen LogP contribution in [-0.2, 0) is 11.3 Å². The maximum Gasteiger partial charge on any atom is 0.111 e. The van der Waals surface area contributed by atoms with Gasteiger partial charge in [0, 0.05) is 25.7 Å². The quantitative estimate of drug-likeness (QED) is 0.842. The fraction of sp³-hybridized carbons (Fsp3) is 0.786. The van der Waals surface area contributed by atoms with Gasteiger partial charge in [-0.05, 0) is 33.9 Å². The molecule has 0 spiro atoms. The van der Waals surface area contributed by atoms with Crippen LogP contribution in [0.15, 0.2) is 12.5 Å². The number of rotatable bonds is 6. The van der Waals surface area contributed by atoms with Crippen LogP contribution < -0.4 is 5.32 Å². The van der Waals surface area contributed by atoms with E-state index in [4.69, 9.17) is 4.74 Å². The van der Waals surface area contributed by atoms with Gasteiger partial charge in [-0.3, -0.25) is 0 Å². The van der Waals surface area contributed by atoms with Crippen LogP contribution in [0, 0.1) is 0 Å². The number of ether oxygens (including phenoxy) is 1. The predicted octanol–water partition coefficient (Wildman–Crippen LogP) is 1.27. The molecule has 5 nitrogen and oxygen atoms in total. The summed E-state index contributed by atoms with van der Waals surface area (Å²) in [4.78, 5) is 6.64. The second-order valence-corrected chi connectivity index (χ2v) is 5.50. The van der Waals surface area contributed by atoms with E-state index in [9.17, 15) is 0 Å². The van der Waals surface area contributed by atoms with Gasteiger partial charge in [0.25, 0.3) is 0 Å². The van der Waals surface area contributed by atoms with Crippen LogP contribution in [0.4, 0.5) is 0 Å². The molecule has 5 heteroatoms. The molecule has 108 valence electrons. The second-order valence-electron chi connectivity index (χ2n) is 5.50. The van der Waals surface area contributed by atoms with Crippen LogP contribution in [0.3, 0.4) is 0 Å². The smallest absolute Gasteiger partial charge is 0.111 e. The number of aryl methyl sites for hydroxylation is 1. The van der Waals surface area contributed by atoms with Crippen LogP contribution in [0.1, 0.15) is 32.1 Å². The number of nitrogens with one attached hydrogen (secondary N) is 1. The molecule has 0 radical (unpaired) electrons. The molecule has 0 aromatic carbocycles. The van der Waals surface area contributed by atoms with Crippen molar-refractivity contribution in [3.8, 4) is 0 Å². The van der Waals surface area contributed by atoms with Gasteiger partial charge < -0.3 is 19.5 Å². The molecule has 2 rings (SSSR count). The van der Waals surface area contributed by atoms with Crippen molar-refractivity contribution in [2.75, 3.05) is 33.3 Å². The Morgan fingerprint density at radius 2 is 2.42 bits per heavy atom. The molecule has 1 aliphatic rings. The summed E-state index contributed by atoms with van der Waals surface area (Å²) in [6.45, 7) is 9.19. The molecule has 0 aliphatic carbocycles. The molecule has 0 bridgehead atoms. The van der Waals surface area contributed by atoms with Crippen molar-refractivity contribution in [2.45, 2.75) is 39.0 Å². The van der Waals surface area contributed by atoms with Gasteiger partial charge in [0.1, 0.15) is 6.10 Å². The number of nitrogens with zero attached hydrogens (tertiary/aromatic N) is 3. The maximum atomic E-state index is 5.79. The average Bonchev–Trinajstić information content (AvgIpc) is 2.88. The summed E-state index contributed by atoms with van der Waals surface area (Å²) in [5.74, 6) is 0. The highest BCUT2D eigenvalue weighted by molar-refractivity contribution is 5.04. The van der Waals surface area contributed by atoms with E-state index in [0.29, 0.717) is 6.04 Å².